The smallest absolute Gasteiger partial charge is 0.280 e. The van der Waals surface area contributed by atoms with Crippen LogP contribution >= 0.6 is 11.6 Å². The van der Waals surface area contributed by atoms with Crippen LogP contribution in [-0.4, -0.2) is 25.5 Å². The lowest BCUT2D eigenvalue weighted by Crippen LogP contribution is -2.27. The molecule has 0 aliphatic rings. The van der Waals surface area contributed by atoms with Gasteiger partial charge >= 0.3 is 0 Å². The largest absolute Gasteiger partial charge is 0.317 e. The molecule has 0 radical (unpaired) electrons. The van der Waals surface area contributed by atoms with Gasteiger partial charge in [-0.15, -0.1) is 0 Å². The molecule has 0 atom stereocenters. The van der Waals surface area contributed by atoms with Gasteiger partial charge in [-0.2, -0.15) is 10.2 Å². The van der Waals surface area contributed by atoms with Gasteiger partial charge in [0.2, 0.25) is 5.43 Å². The van der Waals surface area contributed by atoms with E-state index in [0.717, 1.165) is 11.4 Å². The number of aromatic nitrogens is 4. The molecule has 4 aromatic rings. The fourth-order valence-electron chi connectivity index (χ4n) is 3.39. The van der Waals surface area contributed by atoms with E-state index in [9.17, 15) is 9.59 Å². The van der Waals surface area contributed by atoms with Gasteiger partial charge in [-0.1, -0.05) is 41.9 Å². The lowest BCUT2D eigenvalue weighted by molar-refractivity contribution is 0.101. The SMILES string of the molecule is Cc1nn(-c2ccccc2)c(C)c1NC(=O)c1nn(-c2ccccc2Cl)c(C)cc1=O. The van der Waals surface area contributed by atoms with Crippen molar-refractivity contribution in [2.24, 2.45) is 0 Å². The summed E-state index contributed by atoms with van der Waals surface area (Å²) in [6.07, 6.45) is 0. The predicted molar refractivity (Wildman–Crippen MR) is 121 cm³/mol. The highest BCUT2D eigenvalue weighted by atomic mass is 35.5. The molecule has 0 aliphatic heterocycles. The molecule has 0 saturated heterocycles. The second-order valence-corrected chi connectivity index (χ2v) is 7.52. The molecule has 2 aromatic carbocycles. The topological polar surface area (TPSA) is 81.8 Å². The number of anilines is 1. The van der Waals surface area contributed by atoms with E-state index in [0.29, 0.717) is 27.8 Å². The molecule has 0 fully saturated rings. The average Bonchev–Trinajstić information content (AvgIpc) is 3.03. The summed E-state index contributed by atoms with van der Waals surface area (Å²) in [6, 6.07) is 18.1. The summed E-state index contributed by atoms with van der Waals surface area (Å²) >= 11 is 6.28. The summed E-state index contributed by atoms with van der Waals surface area (Å²) < 4.78 is 3.24. The van der Waals surface area contributed by atoms with Gasteiger partial charge in [0.1, 0.15) is 0 Å². The van der Waals surface area contributed by atoms with Gasteiger partial charge in [-0.25, -0.2) is 9.36 Å². The minimum absolute atomic E-state index is 0.225. The number of halogens is 1. The number of nitrogens with zero attached hydrogens (tertiary/aromatic N) is 4. The van der Waals surface area contributed by atoms with Crippen molar-refractivity contribution >= 4 is 23.2 Å². The molecule has 4 rings (SSSR count). The van der Waals surface area contributed by atoms with Crippen LogP contribution in [-0.2, 0) is 0 Å². The first-order chi connectivity index (χ1) is 14.9. The lowest BCUT2D eigenvalue weighted by atomic mass is 10.2. The monoisotopic (exact) mass is 433 g/mol. The number of carbonyl (C=O) groups is 1. The summed E-state index contributed by atoms with van der Waals surface area (Å²) in [4.78, 5) is 25.6. The molecule has 2 aromatic heterocycles. The van der Waals surface area contributed by atoms with Gasteiger partial charge in [0.15, 0.2) is 5.69 Å². The van der Waals surface area contributed by atoms with Crippen LogP contribution in [0.3, 0.4) is 0 Å². The van der Waals surface area contributed by atoms with Crippen molar-refractivity contribution in [1.29, 1.82) is 0 Å². The average molecular weight is 434 g/mol. The maximum atomic E-state index is 13.0. The first-order valence-corrected chi connectivity index (χ1v) is 10.0. The van der Waals surface area contributed by atoms with E-state index in [1.807, 2.05) is 43.3 Å². The van der Waals surface area contributed by atoms with E-state index >= 15 is 0 Å². The number of hydrogen-bond acceptors (Lipinski definition) is 4. The summed E-state index contributed by atoms with van der Waals surface area (Å²) in [6.45, 7) is 5.39. The van der Waals surface area contributed by atoms with Gasteiger partial charge in [0, 0.05) is 11.8 Å². The van der Waals surface area contributed by atoms with E-state index < -0.39 is 11.3 Å². The van der Waals surface area contributed by atoms with E-state index in [-0.39, 0.29) is 5.69 Å². The fourth-order valence-corrected chi connectivity index (χ4v) is 3.60. The van der Waals surface area contributed by atoms with Crippen LogP contribution in [0.5, 0.6) is 0 Å². The van der Waals surface area contributed by atoms with Gasteiger partial charge < -0.3 is 5.32 Å². The maximum Gasteiger partial charge on any atom is 0.280 e. The third kappa shape index (κ3) is 3.87. The number of hydrogen-bond donors (Lipinski definition) is 1. The van der Waals surface area contributed by atoms with Crippen molar-refractivity contribution < 1.29 is 4.79 Å². The van der Waals surface area contributed by atoms with Gasteiger partial charge in [0.05, 0.1) is 33.5 Å². The van der Waals surface area contributed by atoms with Crippen LogP contribution in [0.4, 0.5) is 5.69 Å². The standard InChI is InChI=1S/C23H20ClN5O2/c1-14-13-20(30)22(27-28(14)19-12-8-7-11-18(19)24)23(31)25-21-15(2)26-29(16(21)3)17-9-5-4-6-10-17/h4-13H,1-3H3,(H,25,31). The van der Waals surface area contributed by atoms with Crippen molar-refractivity contribution in [2.75, 3.05) is 5.32 Å². The lowest BCUT2D eigenvalue weighted by Gasteiger charge is -2.12. The molecule has 0 unspecified atom stereocenters. The Hall–Kier alpha value is -3.71. The molecule has 31 heavy (non-hydrogen) atoms. The Balaban J connectivity index is 1.72. The molecule has 0 saturated carbocycles. The Labute approximate surface area is 183 Å². The Kier molecular flexibility index (Phi) is 5.44. The molecule has 7 nitrogen and oxygen atoms in total. The molecule has 156 valence electrons. The zero-order valence-electron chi connectivity index (χ0n) is 17.3. The van der Waals surface area contributed by atoms with Gasteiger partial charge in [0.25, 0.3) is 5.91 Å². The fraction of sp³-hybridized carbons (Fsp3) is 0.130. The van der Waals surface area contributed by atoms with E-state index in [1.54, 1.807) is 36.7 Å². The van der Waals surface area contributed by atoms with Gasteiger partial charge in [-0.05, 0) is 45.0 Å². The van der Waals surface area contributed by atoms with Crippen LogP contribution in [0.25, 0.3) is 11.4 Å². The number of amides is 1. The Morgan fingerprint density at radius 2 is 1.61 bits per heavy atom. The van der Waals surface area contributed by atoms with Crippen LogP contribution in [0.1, 0.15) is 27.6 Å². The molecule has 1 N–H and O–H groups in total. The Morgan fingerprint density at radius 3 is 2.32 bits per heavy atom. The van der Waals surface area contributed by atoms with E-state index in [4.69, 9.17) is 11.6 Å². The van der Waals surface area contributed by atoms with Crippen molar-refractivity contribution in [2.45, 2.75) is 20.8 Å². The highest BCUT2D eigenvalue weighted by Crippen LogP contribution is 2.23. The van der Waals surface area contributed by atoms with Crippen LogP contribution in [0.2, 0.25) is 5.02 Å². The zero-order valence-corrected chi connectivity index (χ0v) is 18.0. The molecular weight excluding hydrogens is 414 g/mol. The quantitative estimate of drug-likeness (QED) is 0.521. The van der Waals surface area contributed by atoms with Crippen molar-refractivity contribution in [3.05, 3.63) is 98.7 Å². The molecular formula is C23H20ClN5O2. The third-order valence-electron chi connectivity index (χ3n) is 4.93. The highest BCUT2D eigenvalue weighted by molar-refractivity contribution is 6.32. The number of benzene rings is 2. The second kappa shape index (κ2) is 8.20. The van der Waals surface area contributed by atoms with Crippen molar-refractivity contribution in [3.8, 4) is 11.4 Å². The summed E-state index contributed by atoms with van der Waals surface area (Å²) in [7, 11) is 0. The summed E-state index contributed by atoms with van der Waals surface area (Å²) in [5.41, 5.74) is 3.25. The molecule has 0 spiro atoms. The van der Waals surface area contributed by atoms with Crippen molar-refractivity contribution in [3.63, 3.8) is 0 Å². The van der Waals surface area contributed by atoms with Crippen LogP contribution < -0.4 is 10.7 Å². The minimum atomic E-state index is -0.607. The first kappa shape index (κ1) is 20.6. The number of nitrogens with one attached hydrogen (secondary N) is 1. The van der Waals surface area contributed by atoms with Crippen LogP contribution in [0.15, 0.2) is 65.5 Å². The van der Waals surface area contributed by atoms with E-state index in [2.05, 4.69) is 15.5 Å². The minimum Gasteiger partial charge on any atom is -0.317 e. The number of rotatable bonds is 4. The predicted octanol–water partition coefficient (Wildman–Crippen LogP) is 4.25. The Bertz CT molecular complexity index is 1340. The number of carbonyl (C=O) groups excluding carboxylic acids is 1. The summed E-state index contributed by atoms with van der Waals surface area (Å²) in [5.74, 6) is -0.607. The molecule has 0 bridgehead atoms. The van der Waals surface area contributed by atoms with Crippen molar-refractivity contribution in [1.82, 2.24) is 19.6 Å². The Morgan fingerprint density at radius 1 is 0.935 bits per heavy atom. The zero-order chi connectivity index (χ0) is 22.1. The van der Waals surface area contributed by atoms with E-state index in [1.165, 1.54) is 10.7 Å². The second-order valence-electron chi connectivity index (χ2n) is 7.11. The number of para-hydroxylation sites is 2. The molecule has 8 heteroatoms. The normalized spacial score (nSPS) is 10.8. The molecule has 0 aliphatic carbocycles. The third-order valence-corrected chi connectivity index (χ3v) is 5.25. The molecule has 1 amide bonds. The molecule has 2 heterocycles. The first-order valence-electron chi connectivity index (χ1n) is 9.65. The number of aryl methyl sites for hydroxylation is 2. The van der Waals surface area contributed by atoms with Crippen LogP contribution in [0, 0.1) is 20.8 Å². The van der Waals surface area contributed by atoms with Gasteiger partial charge in [-0.3, -0.25) is 9.59 Å². The maximum absolute atomic E-state index is 13.0. The summed E-state index contributed by atoms with van der Waals surface area (Å²) in [5, 5.41) is 12.1. The highest BCUT2D eigenvalue weighted by Gasteiger charge is 2.20.